The molecule has 0 aliphatic heterocycles. The molecule has 0 fully saturated rings. The minimum atomic E-state index is -0.121. The number of hydrogen-bond donors (Lipinski definition) is 2. The summed E-state index contributed by atoms with van der Waals surface area (Å²) in [4.78, 5) is 19.2. The first kappa shape index (κ1) is 18.5. The smallest absolute Gasteiger partial charge is 0.255 e. The van der Waals surface area contributed by atoms with Gasteiger partial charge in [0.1, 0.15) is 0 Å². The number of nitrogens with one attached hydrogen (secondary N) is 2. The van der Waals surface area contributed by atoms with E-state index in [9.17, 15) is 4.79 Å². The van der Waals surface area contributed by atoms with Crippen molar-refractivity contribution in [1.82, 2.24) is 9.97 Å². The largest absolute Gasteiger partial charge is 0.493 e. The predicted octanol–water partition coefficient (Wildman–Crippen LogP) is 2.88. The second-order valence-corrected chi connectivity index (χ2v) is 5.57. The fourth-order valence-corrected chi connectivity index (χ4v) is 2.41. The number of nitrogens with zero attached hydrogens (tertiary/aromatic N) is 2. The highest BCUT2D eigenvalue weighted by molar-refractivity contribution is 5.81. The van der Waals surface area contributed by atoms with Gasteiger partial charge in [-0.25, -0.2) is 10.4 Å². The van der Waals surface area contributed by atoms with Gasteiger partial charge in [-0.1, -0.05) is 13.3 Å². The van der Waals surface area contributed by atoms with Crippen LogP contribution in [0.15, 0.2) is 28.1 Å². The van der Waals surface area contributed by atoms with Crippen molar-refractivity contribution in [3.05, 3.63) is 45.4 Å². The summed E-state index contributed by atoms with van der Waals surface area (Å²) in [6.45, 7) is 3.93. The number of H-pyrrole nitrogens is 1. The number of aromatic nitrogens is 2. The van der Waals surface area contributed by atoms with Crippen LogP contribution in [0.25, 0.3) is 0 Å². The predicted molar refractivity (Wildman–Crippen MR) is 99.0 cm³/mol. The molecule has 2 rings (SSSR count). The van der Waals surface area contributed by atoms with Gasteiger partial charge in [-0.3, -0.25) is 9.78 Å². The number of rotatable bonds is 8. The van der Waals surface area contributed by atoms with Crippen LogP contribution >= 0.6 is 0 Å². The van der Waals surface area contributed by atoms with Crippen molar-refractivity contribution in [3.8, 4) is 11.5 Å². The number of anilines is 1. The van der Waals surface area contributed by atoms with Crippen molar-refractivity contribution >= 4 is 12.2 Å². The summed E-state index contributed by atoms with van der Waals surface area (Å²) in [6, 6.07) is 5.45. The molecule has 0 aliphatic carbocycles. The van der Waals surface area contributed by atoms with Gasteiger partial charge in [-0.15, -0.1) is 0 Å². The lowest BCUT2D eigenvalue weighted by atomic mass is 10.1. The third-order valence-corrected chi connectivity index (χ3v) is 3.79. The number of methoxy groups -OCH3 is 2. The second kappa shape index (κ2) is 8.86. The SMILES string of the molecule is CCCCc1c(C)nc(NN=Cc2ccc(OC)c(OC)c2)[nH]c1=O. The van der Waals surface area contributed by atoms with Gasteiger partial charge in [0.15, 0.2) is 11.5 Å². The third kappa shape index (κ3) is 4.82. The van der Waals surface area contributed by atoms with Crippen molar-refractivity contribution in [2.45, 2.75) is 33.1 Å². The maximum absolute atomic E-state index is 12.1. The van der Waals surface area contributed by atoms with E-state index in [0.717, 1.165) is 36.1 Å². The molecule has 1 aromatic carbocycles. The van der Waals surface area contributed by atoms with Crippen molar-refractivity contribution in [2.75, 3.05) is 19.6 Å². The van der Waals surface area contributed by atoms with Gasteiger partial charge >= 0.3 is 0 Å². The van der Waals surface area contributed by atoms with Crippen LogP contribution in [0.2, 0.25) is 0 Å². The van der Waals surface area contributed by atoms with Gasteiger partial charge in [0.25, 0.3) is 5.56 Å². The first-order valence-corrected chi connectivity index (χ1v) is 8.20. The fourth-order valence-electron chi connectivity index (χ4n) is 2.41. The molecule has 2 aromatic rings. The summed E-state index contributed by atoms with van der Waals surface area (Å²) in [5, 5.41) is 4.11. The zero-order chi connectivity index (χ0) is 18.2. The van der Waals surface area contributed by atoms with Gasteiger partial charge in [-0.05, 0) is 43.5 Å². The normalized spacial score (nSPS) is 10.9. The average molecular weight is 344 g/mol. The lowest BCUT2D eigenvalue weighted by Gasteiger charge is -2.08. The van der Waals surface area contributed by atoms with Gasteiger partial charge in [-0.2, -0.15) is 5.10 Å². The monoisotopic (exact) mass is 344 g/mol. The minimum Gasteiger partial charge on any atom is -0.493 e. The summed E-state index contributed by atoms with van der Waals surface area (Å²) in [7, 11) is 3.16. The molecule has 134 valence electrons. The Morgan fingerprint density at radius 3 is 2.68 bits per heavy atom. The Bertz CT molecular complexity index is 799. The van der Waals surface area contributed by atoms with Crippen LogP contribution in [0.4, 0.5) is 5.95 Å². The first-order chi connectivity index (χ1) is 12.1. The molecular formula is C18H24N4O3. The van der Waals surface area contributed by atoms with Crippen LogP contribution in [-0.2, 0) is 6.42 Å². The van der Waals surface area contributed by atoms with E-state index in [0.29, 0.717) is 17.4 Å². The number of hydrazone groups is 1. The van der Waals surface area contributed by atoms with E-state index >= 15 is 0 Å². The number of unbranched alkanes of at least 4 members (excludes halogenated alkanes) is 1. The highest BCUT2D eigenvalue weighted by atomic mass is 16.5. The van der Waals surface area contributed by atoms with Crippen molar-refractivity contribution in [1.29, 1.82) is 0 Å². The molecule has 1 heterocycles. The molecule has 0 unspecified atom stereocenters. The first-order valence-electron chi connectivity index (χ1n) is 8.20. The van der Waals surface area contributed by atoms with E-state index in [2.05, 4.69) is 27.4 Å². The fraction of sp³-hybridized carbons (Fsp3) is 0.389. The van der Waals surface area contributed by atoms with E-state index in [1.165, 1.54) is 0 Å². The number of aryl methyl sites for hydroxylation is 1. The Morgan fingerprint density at radius 2 is 2.04 bits per heavy atom. The number of hydrogen-bond acceptors (Lipinski definition) is 6. The van der Waals surface area contributed by atoms with E-state index in [1.54, 1.807) is 32.6 Å². The molecule has 0 saturated heterocycles. The van der Waals surface area contributed by atoms with Gasteiger partial charge < -0.3 is 9.47 Å². The highest BCUT2D eigenvalue weighted by Gasteiger charge is 2.07. The molecule has 7 heteroatoms. The third-order valence-electron chi connectivity index (χ3n) is 3.79. The zero-order valence-electron chi connectivity index (χ0n) is 15.0. The highest BCUT2D eigenvalue weighted by Crippen LogP contribution is 2.26. The zero-order valence-corrected chi connectivity index (χ0v) is 15.0. The Balaban J connectivity index is 2.10. The molecule has 0 radical (unpaired) electrons. The second-order valence-electron chi connectivity index (χ2n) is 5.57. The van der Waals surface area contributed by atoms with Gasteiger partial charge in [0.2, 0.25) is 5.95 Å². The van der Waals surface area contributed by atoms with E-state index in [4.69, 9.17) is 9.47 Å². The summed E-state index contributed by atoms with van der Waals surface area (Å²) < 4.78 is 10.4. The molecule has 2 N–H and O–H groups in total. The van der Waals surface area contributed by atoms with Crippen LogP contribution in [0.1, 0.15) is 36.6 Å². The van der Waals surface area contributed by atoms with E-state index < -0.39 is 0 Å². The molecule has 25 heavy (non-hydrogen) atoms. The average Bonchev–Trinajstić information content (AvgIpc) is 2.61. The summed E-state index contributed by atoms with van der Waals surface area (Å²) in [5.41, 5.74) is 4.91. The van der Waals surface area contributed by atoms with Crippen LogP contribution in [0.5, 0.6) is 11.5 Å². The Kier molecular flexibility index (Phi) is 6.56. The molecule has 0 spiro atoms. The number of aromatic amines is 1. The van der Waals surface area contributed by atoms with Crippen LogP contribution in [-0.4, -0.2) is 30.4 Å². The molecule has 1 aromatic heterocycles. The molecular weight excluding hydrogens is 320 g/mol. The summed E-state index contributed by atoms with van der Waals surface area (Å²) in [5.74, 6) is 1.59. The van der Waals surface area contributed by atoms with E-state index in [-0.39, 0.29) is 5.56 Å². The van der Waals surface area contributed by atoms with Gasteiger partial charge in [0, 0.05) is 11.3 Å². The number of benzene rings is 1. The molecule has 7 nitrogen and oxygen atoms in total. The molecule has 0 aliphatic rings. The van der Waals surface area contributed by atoms with Crippen LogP contribution in [0.3, 0.4) is 0 Å². The molecule has 0 saturated carbocycles. The number of ether oxygens (including phenoxy) is 2. The maximum Gasteiger partial charge on any atom is 0.255 e. The Morgan fingerprint density at radius 1 is 1.28 bits per heavy atom. The Labute approximate surface area is 147 Å². The van der Waals surface area contributed by atoms with Crippen molar-refractivity contribution in [2.24, 2.45) is 5.10 Å². The molecule has 0 bridgehead atoms. The quantitative estimate of drug-likeness (QED) is 0.568. The lowest BCUT2D eigenvalue weighted by molar-refractivity contribution is 0.355. The maximum atomic E-state index is 12.1. The Hall–Kier alpha value is -2.83. The van der Waals surface area contributed by atoms with Crippen molar-refractivity contribution in [3.63, 3.8) is 0 Å². The molecule has 0 atom stereocenters. The van der Waals surface area contributed by atoms with Gasteiger partial charge in [0.05, 0.1) is 20.4 Å². The van der Waals surface area contributed by atoms with Crippen LogP contribution < -0.4 is 20.5 Å². The van der Waals surface area contributed by atoms with E-state index in [1.807, 2.05) is 13.0 Å². The lowest BCUT2D eigenvalue weighted by Crippen LogP contribution is -2.18. The topological polar surface area (TPSA) is 88.6 Å². The van der Waals surface area contributed by atoms with Crippen molar-refractivity contribution < 1.29 is 9.47 Å². The van der Waals surface area contributed by atoms with Crippen LogP contribution in [0, 0.1) is 6.92 Å². The summed E-state index contributed by atoms with van der Waals surface area (Å²) in [6.07, 6.45) is 4.35. The standard InChI is InChI=1S/C18H24N4O3/c1-5-6-7-14-12(2)20-18(21-17(14)23)22-19-11-13-8-9-15(24-3)16(10-13)25-4/h8-11H,5-7H2,1-4H3,(H2,20,21,22,23). The summed E-state index contributed by atoms with van der Waals surface area (Å²) >= 11 is 0. The molecule has 0 amide bonds. The minimum absolute atomic E-state index is 0.121.